The largest absolute Gasteiger partial charge is 0.393 e. The lowest BCUT2D eigenvalue weighted by atomic mass is 9.44. The third-order valence-electron chi connectivity index (χ3n) is 10.5. The monoisotopic (exact) mass is 360 g/mol. The van der Waals surface area contributed by atoms with E-state index in [1.807, 2.05) is 0 Å². The Labute approximate surface area is 160 Å². The van der Waals surface area contributed by atoms with Crippen molar-refractivity contribution >= 4 is 0 Å². The quantitative estimate of drug-likeness (QED) is 0.700. The van der Waals surface area contributed by atoms with Crippen LogP contribution in [0.5, 0.6) is 0 Å². The van der Waals surface area contributed by atoms with Gasteiger partial charge in [0, 0.05) is 0 Å². The molecule has 0 bridgehead atoms. The molecule has 5 aliphatic carbocycles. The summed E-state index contributed by atoms with van der Waals surface area (Å²) >= 11 is 0. The van der Waals surface area contributed by atoms with Gasteiger partial charge < -0.3 is 10.2 Å². The van der Waals surface area contributed by atoms with Gasteiger partial charge >= 0.3 is 0 Å². The van der Waals surface area contributed by atoms with Crippen molar-refractivity contribution < 1.29 is 10.2 Å². The summed E-state index contributed by atoms with van der Waals surface area (Å²) < 4.78 is 0. The van der Waals surface area contributed by atoms with E-state index >= 15 is 0 Å². The summed E-state index contributed by atoms with van der Waals surface area (Å²) in [6.07, 6.45) is 10.1. The zero-order chi connectivity index (χ0) is 18.4. The Morgan fingerprint density at radius 3 is 2.38 bits per heavy atom. The van der Waals surface area contributed by atoms with Gasteiger partial charge in [0.1, 0.15) is 0 Å². The summed E-state index contributed by atoms with van der Waals surface area (Å²) in [5.74, 6) is 7.37. The van der Waals surface area contributed by atoms with Gasteiger partial charge in [0.05, 0.1) is 11.7 Å². The van der Waals surface area contributed by atoms with E-state index in [1.165, 1.54) is 38.5 Å². The van der Waals surface area contributed by atoms with Crippen LogP contribution in [0, 0.1) is 58.7 Å². The average molecular weight is 361 g/mol. The van der Waals surface area contributed by atoms with Crippen molar-refractivity contribution in [2.24, 2.45) is 58.7 Å². The molecule has 5 fully saturated rings. The van der Waals surface area contributed by atoms with E-state index < -0.39 is 5.60 Å². The molecular weight excluding hydrogens is 320 g/mol. The third kappa shape index (κ3) is 2.43. The molecule has 2 unspecified atom stereocenters. The number of hydrogen-bond acceptors (Lipinski definition) is 2. The second kappa shape index (κ2) is 5.72. The first-order valence-electron chi connectivity index (χ1n) is 11.6. The zero-order valence-corrected chi connectivity index (χ0v) is 17.3. The van der Waals surface area contributed by atoms with Gasteiger partial charge in [0.2, 0.25) is 0 Å². The van der Waals surface area contributed by atoms with E-state index in [-0.39, 0.29) is 6.10 Å². The van der Waals surface area contributed by atoms with Crippen molar-refractivity contribution in [3.8, 4) is 0 Å². The van der Waals surface area contributed by atoms with Crippen molar-refractivity contribution in [3.63, 3.8) is 0 Å². The Kier molecular flexibility index (Phi) is 3.96. The number of rotatable bonds is 1. The zero-order valence-electron chi connectivity index (χ0n) is 17.3. The maximum absolute atomic E-state index is 10.7. The fourth-order valence-corrected chi connectivity index (χ4v) is 9.44. The first-order chi connectivity index (χ1) is 12.2. The van der Waals surface area contributed by atoms with Crippen LogP contribution < -0.4 is 0 Å². The Balaban J connectivity index is 1.42. The highest BCUT2D eigenvalue weighted by atomic mass is 16.3. The minimum atomic E-state index is -0.407. The maximum Gasteiger partial charge on any atom is 0.0622 e. The number of aliphatic hydroxyl groups excluding tert-OH is 1. The summed E-state index contributed by atoms with van der Waals surface area (Å²) in [4.78, 5) is 0. The SMILES string of the molecule is CC(O)C1[C@H]2[C@@H](C)[C@H]2C[C@H]2[C@@H]3CC[C@@H]4C[C@](C)(O)CC[C@@H]4[C@H]3CC[C@]12C. The van der Waals surface area contributed by atoms with Gasteiger partial charge in [0.25, 0.3) is 0 Å². The van der Waals surface area contributed by atoms with Crippen LogP contribution >= 0.6 is 0 Å². The summed E-state index contributed by atoms with van der Waals surface area (Å²) in [7, 11) is 0. The van der Waals surface area contributed by atoms with E-state index in [4.69, 9.17) is 0 Å². The van der Waals surface area contributed by atoms with Crippen LogP contribution in [0.2, 0.25) is 0 Å². The van der Waals surface area contributed by atoms with Gasteiger partial charge in [-0.15, -0.1) is 0 Å². The number of fused-ring (bicyclic) bond motifs is 6. The minimum Gasteiger partial charge on any atom is -0.393 e. The van der Waals surface area contributed by atoms with Crippen LogP contribution in [0.4, 0.5) is 0 Å². The summed E-state index contributed by atoms with van der Waals surface area (Å²) in [6.45, 7) is 9.15. The van der Waals surface area contributed by atoms with E-state index in [1.54, 1.807) is 0 Å². The molecule has 0 radical (unpaired) electrons. The second-order valence-corrected chi connectivity index (χ2v) is 11.8. The van der Waals surface area contributed by atoms with Gasteiger partial charge in [-0.05, 0) is 124 Å². The van der Waals surface area contributed by atoms with Crippen molar-refractivity contribution in [2.45, 2.75) is 90.8 Å². The van der Waals surface area contributed by atoms with Crippen LogP contribution in [0.1, 0.15) is 79.1 Å². The van der Waals surface area contributed by atoms with Gasteiger partial charge in [0.15, 0.2) is 0 Å². The minimum absolute atomic E-state index is 0.141. The molecule has 148 valence electrons. The number of aliphatic hydroxyl groups is 2. The van der Waals surface area contributed by atoms with Crippen molar-refractivity contribution in [1.29, 1.82) is 0 Å². The lowest BCUT2D eigenvalue weighted by Crippen LogP contribution is -2.55. The molecule has 2 heteroatoms. The maximum atomic E-state index is 10.7. The highest BCUT2D eigenvalue weighted by Crippen LogP contribution is 2.72. The van der Waals surface area contributed by atoms with E-state index in [9.17, 15) is 10.2 Å². The van der Waals surface area contributed by atoms with Gasteiger partial charge in [-0.2, -0.15) is 0 Å². The lowest BCUT2D eigenvalue weighted by Gasteiger charge is -2.61. The van der Waals surface area contributed by atoms with Gasteiger partial charge in [-0.1, -0.05) is 13.8 Å². The van der Waals surface area contributed by atoms with Crippen LogP contribution in [-0.2, 0) is 0 Å². The molecular formula is C24H40O2. The molecule has 0 saturated heterocycles. The molecule has 5 rings (SSSR count). The molecule has 0 aromatic carbocycles. The molecule has 2 N–H and O–H groups in total. The van der Waals surface area contributed by atoms with Crippen molar-refractivity contribution in [2.75, 3.05) is 0 Å². The second-order valence-electron chi connectivity index (χ2n) is 11.8. The smallest absolute Gasteiger partial charge is 0.0622 e. The predicted molar refractivity (Wildman–Crippen MR) is 104 cm³/mol. The Morgan fingerprint density at radius 2 is 1.65 bits per heavy atom. The van der Waals surface area contributed by atoms with E-state index in [0.29, 0.717) is 11.3 Å². The van der Waals surface area contributed by atoms with Crippen molar-refractivity contribution in [3.05, 3.63) is 0 Å². The molecule has 0 aromatic rings. The van der Waals surface area contributed by atoms with E-state index in [2.05, 4.69) is 27.7 Å². The molecule has 12 atom stereocenters. The molecule has 0 aliphatic heterocycles. The number of hydrogen-bond donors (Lipinski definition) is 2. The van der Waals surface area contributed by atoms with Gasteiger partial charge in [-0.3, -0.25) is 0 Å². The Hall–Kier alpha value is -0.0800. The lowest BCUT2D eigenvalue weighted by molar-refractivity contribution is -0.145. The summed E-state index contributed by atoms with van der Waals surface area (Å²) in [5.41, 5.74) is -0.0373. The van der Waals surface area contributed by atoms with Crippen LogP contribution in [0.15, 0.2) is 0 Å². The fourth-order valence-electron chi connectivity index (χ4n) is 9.44. The molecule has 26 heavy (non-hydrogen) atoms. The highest BCUT2D eigenvalue weighted by molar-refractivity contribution is 5.15. The molecule has 0 spiro atoms. The fraction of sp³-hybridized carbons (Fsp3) is 1.00. The summed E-state index contributed by atoms with van der Waals surface area (Å²) in [6, 6.07) is 0. The van der Waals surface area contributed by atoms with Crippen LogP contribution in [-0.4, -0.2) is 21.9 Å². The average Bonchev–Trinajstić information content (AvgIpc) is 3.19. The molecule has 5 saturated carbocycles. The molecule has 0 heterocycles. The summed E-state index contributed by atoms with van der Waals surface area (Å²) in [5, 5.41) is 21.3. The third-order valence-corrected chi connectivity index (χ3v) is 10.5. The first kappa shape index (κ1) is 18.0. The first-order valence-corrected chi connectivity index (χ1v) is 11.6. The van der Waals surface area contributed by atoms with E-state index in [0.717, 1.165) is 60.2 Å². The molecule has 0 amide bonds. The Bertz CT molecular complexity index is 569. The predicted octanol–water partition coefficient (Wildman–Crippen LogP) is 4.88. The van der Waals surface area contributed by atoms with Crippen LogP contribution in [0.25, 0.3) is 0 Å². The molecule has 5 aliphatic rings. The highest BCUT2D eigenvalue weighted by Gasteiger charge is 2.67. The molecule has 2 nitrogen and oxygen atoms in total. The van der Waals surface area contributed by atoms with Gasteiger partial charge in [-0.25, -0.2) is 0 Å². The van der Waals surface area contributed by atoms with Crippen LogP contribution in [0.3, 0.4) is 0 Å². The topological polar surface area (TPSA) is 40.5 Å². The molecule has 0 aromatic heterocycles. The van der Waals surface area contributed by atoms with Crippen molar-refractivity contribution in [1.82, 2.24) is 0 Å². The standard InChI is InChI=1S/C24H40O2/c1-13-19-11-20-18-6-5-15-12-23(3,26)9-7-16(15)17(18)8-10-24(20,4)22(14(2)25)21(13)19/h13-22,25-26H,5-12H2,1-4H3/t13-,14?,15+,16-,17+,18+,19+,20-,21-,22?,23+,24-/m0/s1. The Morgan fingerprint density at radius 1 is 0.923 bits per heavy atom. The normalized spacial score (nSPS) is 62.3.